The molecule has 0 rings (SSSR count). The lowest BCUT2D eigenvalue weighted by molar-refractivity contribution is 0.819. The van der Waals surface area contributed by atoms with Crippen LogP contribution in [0, 0.1) is 12.3 Å². The number of hydrogen-bond donors (Lipinski definition) is 1. The first-order valence-electron chi connectivity index (χ1n) is 2.00. The zero-order valence-corrected chi connectivity index (χ0v) is 5.22. The van der Waals surface area contributed by atoms with E-state index in [1.165, 1.54) is 0 Å². The Kier molecular flexibility index (Phi) is 13.1. The number of nitrogens with one attached hydrogen (secondary N) is 1. The van der Waals surface area contributed by atoms with E-state index in [-0.39, 0.29) is 12.4 Å². The Morgan fingerprint density at radius 1 is 1.71 bits per heavy atom. The van der Waals surface area contributed by atoms with E-state index in [1.807, 2.05) is 7.05 Å². The lowest BCUT2D eigenvalue weighted by Crippen LogP contribution is -2.05. The third kappa shape index (κ3) is 10.7. The van der Waals surface area contributed by atoms with Crippen molar-refractivity contribution < 1.29 is 0 Å². The van der Waals surface area contributed by atoms with Crippen LogP contribution in [0.1, 0.15) is 6.42 Å². The quantitative estimate of drug-likeness (QED) is 0.416. The van der Waals surface area contributed by atoms with Crippen LogP contribution in [0.25, 0.3) is 0 Å². The number of halogens is 1. The normalized spacial score (nSPS) is 6.29. The molecule has 0 radical (unpaired) electrons. The zero-order chi connectivity index (χ0) is 4.83. The van der Waals surface area contributed by atoms with E-state index < -0.39 is 0 Å². The summed E-state index contributed by atoms with van der Waals surface area (Å²) in [4.78, 5) is 0. The molecule has 0 aliphatic carbocycles. The van der Waals surface area contributed by atoms with Gasteiger partial charge >= 0.3 is 0 Å². The van der Waals surface area contributed by atoms with E-state index in [2.05, 4.69) is 11.2 Å². The standard InChI is InChI=1S/C5H9N.ClH/c1-3-4-5-6-2;/h1,6H,4-5H2,2H3;1H. The molecule has 2 heteroatoms. The van der Waals surface area contributed by atoms with Crippen molar-refractivity contribution in [3.63, 3.8) is 0 Å². The smallest absolute Gasteiger partial charge is 0.0211 e. The minimum Gasteiger partial charge on any atom is -0.319 e. The van der Waals surface area contributed by atoms with E-state index in [4.69, 9.17) is 6.42 Å². The van der Waals surface area contributed by atoms with Crippen molar-refractivity contribution in [2.24, 2.45) is 0 Å². The Labute approximate surface area is 50.9 Å². The molecule has 0 aromatic carbocycles. The maximum atomic E-state index is 4.92. The van der Waals surface area contributed by atoms with E-state index in [0.717, 1.165) is 13.0 Å². The molecule has 0 aliphatic heterocycles. The summed E-state index contributed by atoms with van der Waals surface area (Å²) in [7, 11) is 1.89. The molecule has 0 spiro atoms. The SMILES string of the molecule is C#CCCNC.Cl. The van der Waals surface area contributed by atoms with Gasteiger partial charge in [-0.15, -0.1) is 24.8 Å². The largest absolute Gasteiger partial charge is 0.319 e. The molecule has 0 unspecified atom stereocenters. The minimum absolute atomic E-state index is 0. The summed E-state index contributed by atoms with van der Waals surface area (Å²) in [6.45, 7) is 0.927. The molecule has 0 fully saturated rings. The number of hydrogen-bond acceptors (Lipinski definition) is 1. The van der Waals surface area contributed by atoms with Gasteiger partial charge in [0.1, 0.15) is 0 Å². The van der Waals surface area contributed by atoms with E-state index in [9.17, 15) is 0 Å². The second-order valence-corrected chi connectivity index (χ2v) is 1.06. The zero-order valence-electron chi connectivity index (χ0n) is 4.40. The van der Waals surface area contributed by atoms with Crippen LogP contribution in [-0.4, -0.2) is 13.6 Å². The number of terminal acetylenes is 1. The fourth-order valence-electron chi connectivity index (χ4n) is 0.197. The average Bonchev–Trinajstić information content (AvgIpc) is 1.61. The summed E-state index contributed by atoms with van der Waals surface area (Å²) >= 11 is 0. The molecular formula is C5H10ClN. The summed E-state index contributed by atoms with van der Waals surface area (Å²) in [5.74, 6) is 2.51. The monoisotopic (exact) mass is 119 g/mol. The Bertz CT molecular complexity index is 55.6. The topological polar surface area (TPSA) is 12.0 Å². The highest BCUT2D eigenvalue weighted by atomic mass is 35.5. The van der Waals surface area contributed by atoms with Crippen LogP contribution in [0.3, 0.4) is 0 Å². The third-order valence-corrected chi connectivity index (χ3v) is 0.519. The van der Waals surface area contributed by atoms with Gasteiger partial charge in [-0.2, -0.15) is 0 Å². The highest BCUT2D eigenvalue weighted by molar-refractivity contribution is 5.85. The summed E-state index contributed by atoms with van der Waals surface area (Å²) in [5, 5.41) is 2.93. The lowest BCUT2D eigenvalue weighted by atomic mass is 10.4. The summed E-state index contributed by atoms with van der Waals surface area (Å²) in [6.07, 6.45) is 5.75. The van der Waals surface area contributed by atoms with Gasteiger partial charge in [0.15, 0.2) is 0 Å². The van der Waals surface area contributed by atoms with Crippen LogP contribution in [0.2, 0.25) is 0 Å². The molecule has 0 aromatic rings. The maximum Gasteiger partial charge on any atom is 0.0211 e. The van der Waals surface area contributed by atoms with Crippen LogP contribution in [0.15, 0.2) is 0 Å². The third-order valence-electron chi connectivity index (χ3n) is 0.519. The van der Waals surface area contributed by atoms with Crippen molar-refractivity contribution in [1.82, 2.24) is 5.32 Å². The van der Waals surface area contributed by atoms with E-state index in [1.54, 1.807) is 0 Å². The highest BCUT2D eigenvalue weighted by Gasteiger charge is 1.68. The van der Waals surface area contributed by atoms with E-state index in [0.29, 0.717) is 0 Å². The predicted octanol–water partition coefficient (Wildman–Crippen LogP) is 0.651. The molecular weight excluding hydrogens is 110 g/mol. The van der Waals surface area contributed by atoms with Crippen molar-refractivity contribution in [2.45, 2.75) is 6.42 Å². The Hall–Kier alpha value is -0.190. The van der Waals surface area contributed by atoms with Crippen molar-refractivity contribution in [2.75, 3.05) is 13.6 Å². The lowest BCUT2D eigenvalue weighted by Gasteiger charge is -1.84. The van der Waals surface area contributed by atoms with Gasteiger partial charge in [-0.05, 0) is 7.05 Å². The Balaban J connectivity index is 0. The van der Waals surface area contributed by atoms with Crippen molar-refractivity contribution in [3.05, 3.63) is 0 Å². The second-order valence-electron chi connectivity index (χ2n) is 1.06. The van der Waals surface area contributed by atoms with Crippen molar-refractivity contribution in [3.8, 4) is 12.3 Å². The number of rotatable bonds is 2. The van der Waals surface area contributed by atoms with Crippen LogP contribution < -0.4 is 5.32 Å². The fourth-order valence-corrected chi connectivity index (χ4v) is 0.197. The average molecular weight is 120 g/mol. The van der Waals surface area contributed by atoms with Gasteiger partial charge in [0.05, 0.1) is 0 Å². The first kappa shape index (κ1) is 9.94. The van der Waals surface area contributed by atoms with Crippen LogP contribution in [-0.2, 0) is 0 Å². The molecule has 0 bridgehead atoms. The summed E-state index contributed by atoms with van der Waals surface area (Å²) in [5.41, 5.74) is 0. The Morgan fingerprint density at radius 3 is 2.43 bits per heavy atom. The maximum absolute atomic E-state index is 4.92. The second kappa shape index (κ2) is 9.26. The molecule has 7 heavy (non-hydrogen) atoms. The molecule has 0 heterocycles. The van der Waals surface area contributed by atoms with Gasteiger partial charge < -0.3 is 5.32 Å². The molecule has 1 nitrogen and oxygen atoms in total. The van der Waals surface area contributed by atoms with Gasteiger partial charge in [0.25, 0.3) is 0 Å². The molecule has 1 N–H and O–H groups in total. The predicted molar refractivity (Wildman–Crippen MR) is 34.6 cm³/mol. The first-order valence-corrected chi connectivity index (χ1v) is 2.00. The minimum atomic E-state index is 0. The molecule has 0 aromatic heterocycles. The highest BCUT2D eigenvalue weighted by Crippen LogP contribution is 1.63. The summed E-state index contributed by atoms with van der Waals surface area (Å²) in [6, 6.07) is 0. The van der Waals surface area contributed by atoms with Gasteiger partial charge in [0.2, 0.25) is 0 Å². The van der Waals surface area contributed by atoms with Crippen LogP contribution >= 0.6 is 12.4 Å². The Morgan fingerprint density at radius 2 is 2.29 bits per heavy atom. The van der Waals surface area contributed by atoms with Gasteiger partial charge in [-0.25, -0.2) is 0 Å². The van der Waals surface area contributed by atoms with Gasteiger partial charge in [-0.3, -0.25) is 0 Å². The molecule has 0 aliphatic rings. The van der Waals surface area contributed by atoms with Crippen LogP contribution in [0.4, 0.5) is 0 Å². The van der Waals surface area contributed by atoms with Gasteiger partial charge in [0, 0.05) is 13.0 Å². The molecule has 0 saturated heterocycles. The first-order chi connectivity index (χ1) is 2.91. The van der Waals surface area contributed by atoms with Gasteiger partial charge in [-0.1, -0.05) is 0 Å². The van der Waals surface area contributed by atoms with Crippen molar-refractivity contribution in [1.29, 1.82) is 0 Å². The molecule has 42 valence electrons. The molecule has 0 saturated carbocycles. The van der Waals surface area contributed by atoms with Crippen molar-refractivity contribution >= 4 is 12.4 Å². The summed E-state index contributed by atoms with van der Waals surface area (Å²) < 4.78 is 0. The molecule has 0 amide bonds. The molecule has 0 atom stereocenters. The fraction of sp³-hybridized carbons (Fsp3) is 0.600. The van der Waals surface area contributed by atoms with E-state index >= 15 is 0 Å². The van der Waals surface area contributed by atoms with Crippen LogP contribution in [0.5, 0.6) is 0 Å².